The highest BCUT2D eigenvalue weighted by molar-refractivity contribution is 5.82. The molecule has 1 aliphatic rings. The molecule has 0 radical (unpaired) electrons. The first-order chi connectivity index (χ1) is 10.2. The van der Waals surface area contributed by atoms with Crippen LogP contribution in [0.1, 0.15) is 40.5 Å². The van der Waals surface area contributed by atoms with Gasteiger partial charge in [-0.05, 0) is 51.2 Å². The van der Waals surface area contributed by atoms with Gasteiger partial charge in [0, 0.05) is 13.2 Å². The zero-order valence-electron chi connectivity index (χ0n) is 14.2. The smallest absolute Gasteiger partial charge is 0.330 e. The number of ether oxygens (including phenoxy) is 2. The first kappa shape index (κ1) is 18.7. The van der Waals surface area contributed by atoms with Gasteiger partial charge in [-0.15, -0.1) is 0 Å². The van der Waals surface area contributed by atoms with Gasteiger partial charge < -0.3 is 14.6 Å². The highest BCUT2D eigenvalue weighted by atomic mass is 16.5. The molecule has 0 aromatic carbocycles. The van der Waals surface area contributed by atoms with E-state index in [9.17, 15) is 9.90 Å². The summed E-state index contributed by atoms with van der Waals surface area (Å²) in [6.45, 7) is 7.59. The lowest BCUT2D eigenvalue weighted by molar-refractivity contribution is -0.144. The van der Waals surface area contributed by atoms with Crippen molar-refractivity contribution in [1.82, 2.24) is 0 Å². The summed E-state index contributed by atoms with van der Waals surface area (Å²) >= 11 is 0. The molecule has 1 heterocycles. The average molecular weight is 308 g/mol. The first-order valence-electron chi connectivity index (χ1n) is 7.76. The van der Waals surface area contributed by atoms with Gasteiger partial charge in [0.05, 0.1) is 11.7 Å². The van der Waals surface area contributed by atoms with Gasteiger partial charge in [-0.2, -0.15) is 0 Å². The summed E-state index contributed by atoms with van der Waals surface area (Å²) in [6.07, 6.45) is 9.78. The number of carbonyl (C=O) groups excluding carboxylic acids is 1. The van der Waals surface area contributed by atoms with Crippen molar-refractivity contribution in [2.75, 3.05) is 7.11 Å². The van der Waals surface area contributed by atoms with Crippen LogP contribution in [0.15, 0.2) is 36.0 Å². The number of esters is 1. The van der Waals surface area contributed by atoms with Crippen LogP contribution in [-0.2, 0) is 14.3 Å². The molecule has 0 fully saturated rings. The molecule has 0 unspecified atom stereocenters. The molecule has 4 atom stereocenters. The van der Waals surface area contributed by atoms with Crippen molar-refractivity contribution in [3.05, 3.63) is 36.0 Å². The molecule has 0 bridgehead atoms. The van der Waals surface area contributed by atoms with Gasteiger partial charge in [-0.25, -0.2) is 4.79 Å². The van der Waals surface area contributed by atoms with Crippen molar-refractivity contribution in [2.45, 2.75) is 58.3 Å². The quantitative estimate of drug-likeness (QED) is 0.597. The molecule has 4 nitrogen and oxygen atoms in total. The summed E-state index contributed by atoms with van der Waals surface area (Å²) in [5.41, 5.74) is -0.123. The maximum absolute atomic E-state index is 11.8. The number of rotatable bonds is 1. The Morgan fingerprint density at radius 1 is 1.36 bits per heavy atom. The van der Waals surface area contributed by atoms with E-state index in [1.54, 1.807) is 26.2 Å². The van der Waals surface area contributed by atoms with Crippen LogP contribution in [0.25, 0.3) is 0 Å². The highest BCUT2D eigenvalue weighted by Gasteiger charge is 2.18. The number of carbonyl (C=O) groups is 1. The second kappa shape index (κ2) is 8.30. The van der Waals surface area contributed by atoms with E-state index in [0.29, 0.717) is 0 Å². The summed E-state index contributed by atoms with van der Waals surface area (Å²) in [7, 11) is 1.64. The van der Waals surface area contributed by atoms with Gasteiger partial charge in [0.25, 0.3) is 0 Å². The molecule has 0 aromatic heterocycles. The topological polar surface area (TPSA) is 55.8 Å². The molecule has 0 amide bonds. The third kappa shape index (κ3) is 6.16. The van der Waals surface area contributed by atoms with E-state index in [2.05, 4.69) is 13.0 Å². The van der Waals surface area contributed by atoms with Crippen LogP contribution in [0.5, 0.6) is 0 Å². The number of hydrogen-bond donors (Lipinski definition) is 1. The summed E-state index contributed by atoms with van der Waals surface area (Å²) in [5.74, 6) is -0.165. The number of allylic oxidation sites excluding steroid dienone is 1. The van der Waals surface area contributed by atoms with Crippen LogP contribution >= 0.6 is 0 Å². The Morgan fingerprint density at radius 3 is 2.68 bits per heavy atom. The summed E-state index contributed by atoms with van der Waals surface area (Å²) in [6, 6.07) is 0. The van der Waals surface area contributed by atoms with Gasteiger partial charge in [0.1, 0.15) is 6.10 Å². The number of cyclic esters (lactones) is 1. The van der Waals surface area contributed by atoms with Gasteiger partial charge in [-0.1, -0.05) is 25.2 Å². The predicted molar refractivity (Wildman–Crippen MR) is 87.4 cm³/mol. The van der Waals surface area contributed by atoms with Crippen molar-refractivity contribution >= 4 is 5.97 Å². The first-order valence-corrected chi connectivity index (χ1v) is 7.76. The number of aliphatic hydroxyl groups is 1. The van der Waals surface area contributed by atoms with Gasteiger partial charge in [0.15, 0.2) is 0 Å². The lowest BCUT2D eigenvalue weighted by Crippen LogP contribution is -2.23. The molecule has 0 aliphatic carbocycles. The molecular weight excluding hydrogens is 280 g/mol. The van der Waals surface area contributed by atoms with E-state index >= 15 is 0 Å². The molecular formula is C18H28O4. The van der Waals surface area contributed by atoms with E-state index in [-0.39, 0.29) is 18.1 Å². The maximum Gasteiger partial charge on any atom is 0.330 e. The normalized spacial score (nSPS) is 38.5. The van der Waals surface area contributed by atoms with Crippen LogP contribution in [0, 0.1) is 5.92 Å². The third-order valence-corrected chi connectivity index (χ3v) is 4.06. The molecule has 1 aliphatic heterocycles. The molecule has 0 saturated heterocycles. The van der Waals surface area contributed by atoms with Crippen LogP contribution in [-0.4, -0.2) is 36.0 Å². The molecule has 4 heteroatoms. The molecule has 22 heavy (non-hydrogen) atoms. The van der Waals surface area contributed by atoms with E-state index in [0.717, 1.165) is 18.4 Å². The standard InChI is InChI=1S/C18H28O4/c1-13-7-6-8-14(2)16(21-5)9-11-18(4,20)12-10-17(19)22-15(13)3/h8-13,15-16,20H,6-7H2,1-5H3/b11-9?,12-10-,14-8+/t13-,15+,16-,18+/m0/s1. The monoisotopic (exact) mass is 308 g/mol. The van der Waals surface area contributed by atoms with Crippen molar-refractivity contribution in [1.29, 1.82) is 0 Å². The van der Waals surface area contributed by atoms with Crippen molar-refractivity contribution < 1.29 is 19.4 Å². The molecule has 1 rings (SSSR count). The fraction of sp³-hybridized carbons (Fsp3) is 0.611. The molecule has 0 aromatic rings. The summed E-state index contributed by atoms with van der Waals surface area (Å²) in [4.78, 5) is 11.8. The SMILES string of the molecule is CO[C@H]1C=C[C@@](C)(O)/C=C\C(=O)O[C@H](C)[C@@H](C)CC/C=C/1C. The largest absolute Gasteiger partial charge is 0.459 e. The minimum absolute atomic E-state index is 0.160. The fourth-order valence-corrected chi connectivity index (χ4v) is 2.25. The Kier molecular flexibility index (Phi) is 7.04. The molecule has 0 saturated carbocycles. The van der Waals surface area contributed by atoms with Gasteiger partial charge >= 0.3 is 5.97 Å². The Morgan fingerprint density at radius 2 is 2.05 bits per heavy atom. The van der Waals surface area contributed by atoms with E-state index < -0.39 is 11.6 Å². The Balaban J connectivity index is 3.04. The van der Waals surface area contributed by atoms with Crippen LogP contribution < -0.4 is 0 Å². The Hall–Kier alpha value is -1.39. The molecule has 0 spiro atoms. The van der Waals surface area contributed by atoms with Crippen LogP contribution in [0.3, 0.4) is 0 Å². The van der Waals surface area contributed by atoms with Gasteiger partial charge in [0.2, 0.25) is 0 Å². The lowest BCUT2D eigenvalue weighted by Gasteiger charge is -2.21. The van der Waals surface area contributed by atoms with Crippen LogP contribution in [0.2, 0.25) is 0 Å². The zero-order chi connectivity index (χ0) is 16.8. The van der Waals surface area contributed by atoms with Gasteiger partial charge in [-0.3, -0.25) is 0 Å². The van der Waals surface area contributed by atoms with Crippen molar-refractivity contribution in [3.63, 3.8) is 0 Å². The minimum atomic E-state index is -1.23. The van der Waals surface area contributed by atoms with Crippen LogP contribution in [0.4, 0.5) is 0 Å². The minimum Gasteiger partial charge on any atom is -0.459 e. The zero-order valence-corrected chi connectivity index (χ0v) is 14.2. The fourth-order valence-electron chi connectivity index (χ4n) is 2.25. The molecule has 124 valence electrons. The van der Waals surface area contributed by atoms with Crippen molar-refractivity contribution in [2.24, 2.45) is 5.92 Å². The van der Waals surface area contributed by atoms with E-state index in [1.807, 2.05) is 13.8 Å². The Bertz CT molecular complexity index is 460. The van der Waals surface area contributed by atoms with E-state index in [4.69, 9.17) is 9.47 Å². The highest BCUT2D eigenvalue weighted by Crippen LogP contribution is 2.19. The number of hydrogen-bond acceptors (Lipinski definition) is 4. The van der Waals surface area contributed by atoms with E-state index in [1.165, 1.54) is 12.2 Å². The predicted octanol–water partition coefficient (Wildman–Crippen LogP) is 3.17. The molecule has 1 N–H and O–H groups in total. The average Bonchev–Trinajstić information content (AvgIpc) is 2.44. The lowest BCUT2D eigenvalue weighted by atomic mass is 9.97. The summed E-state index contributed by atoms with van der Waals surface area (Å²) in [5, 5.41) is 10.3. The second-order valence-corrected chi connectivity index (χ2v) is 6.22. The Labute approximate surface area is 133 Å². The third-order valence-electron chi connectivity index (χ3n) is 4.06. The van der Waals surface area contributed by atoms with Crippen molar-refractivity contribution in [3.8, 4) is 0 Å². The second-order valence-electron chi connectivity index (χ2n) is 6.22. The summed E-state index contributed by atoms with van der Waals surface area (Å²) < 4.78 is 10.8. The maximum atomic E-state index is 11.8. The number of methoxy groups -OCH3 is 1.